The van der Waals surface area contributed by atoms with Crippen LogP contribution in [0.4, 0.5) is 5.82 Å². The summed E-state index contributed by atoms with van der Waals surface area (Å²) >= 11 is 0. The largest absolute Gasteiger partial charge is 0.504 e. The molecular weight excluding hydrogens is 196 g/mol. The first kappa shape index (κ1) is 11.5. The Morgan fingerprint density at radius 1 is 1.62 bits per heavy atom. The zero-order valence-corrected chi connectivity index (χ0v) is 7.67. The average Bonchev–Trinajstić information content (AvgIpc) is 2.08. The van der Waals surface area contributed by atoms with Gasteiger partial charge in [0.25, 0.3) is 0 Å². The van der Waals surface area contributed by atoms with Crippen molar-refractivity contribution in [1.82, 2.24) is 4.98 Å². The summed E-state index contributed by atoms with van der Waals surface area (Å²) in [5.41, 5.74) is 5.32. The number of carbonyl (C=O) groups excluding carboxylic acids is 1. The Bertz CT molecular complexity index is 317. The van der Waals surface area contributed by atoms with Crippen LogP contribution in [0.15, 0.2) is 12.1 Å². The SMILES string of the molecule is COC(=O)c1ccc(O)c(N)n1.Cl. The number of nitrogen functional groups attached to an aromatic ring is 1. The van der Waals surface area contributed by atoms with E-state index in [1.165, 1.54) is 19.2 Å². The Labute approximate surface area is 80.9 Å². The third kappa shape index (κ3) is 2.48. The van der Waals surface area contributed by atoms with Crippen molar-refractivity contribution in [2.75, 3.05) is 12.8 Å². The number of esters is 1. The first-order valence-corrected chi connectivity index (χ1v) is 3.19. The Morgan fingerprint density at radius 3 is 2.69 bits per heavy atom. The fourth-order valence-electron chi connectivity index (χ4n) is 0.686. The maximum absolute atomic E-state index is 10.9. The second kappa shape index (κ2) is 4.51. The number of methoxy groups -OCH3 is 1. The highest BCUT2D eigenvalue weighted by atomic mass is 35.5. The molecule has 13 heavy (non-hydrogen) atoms. The summed E-state index contributed by atoms with van der Waals surface area (Å²) in [5.74, 6) is -0.817. The van der Waals surface area contributed by atoms with E-state index in [0.29, 0.717) is 0 Å². The molecule has 1 aromatic heterocycles. The van der Waals surface area contributed by atoms with Gasteiger partial charge in [-0.1, -0.05) is 0 Å². The van der Waals surface area contributed by atoms with Crippen LogP contribution < -0.4 is 5.73 Å². The number of pyridine rings is 1. The van der Waals surface area contributed by atoms with Gasteiger partial charge in [-0.25, -0.2) is 9.78 Å². The van der Waals surface area contributed by atoms with E-state index in [9.17, 15) is 4.79 Å². The number of aromatic nitrogens is 1. The van der Waals surface area contributed by atoms with E-state index < -0.39 is 5.97 Å². The zero-order chi connectivity index (χ0) is 9.14. The molecule has 0 saturated heterocycles. The van der Waals surface area contributed by atoms with Gasteiger partial charge in [0.05, 0.1) is 7.11 Å². The lowest BCUT2D eigenvalue weighted by Gasteiger charge is -2.00. The quantitative estimate of drug-likeness (QED) is 0.654. The van der Waals surface area contributed by atoms with Crippen LogP contribution in [0.1, 0.15) is 10.5 Å². The lowest BCUT2D eigenvalue weighted by atomic mass is 10.3. The highest BCUT2D eigenvalue weighted by molar-refractivity contribution is 5.87. The van der Waals surface area contributed by atoms with Gasteiger partial charge in [0, 0.05) is 0 Å². The Morgan fingerprint density at radius 2 is 2.23 bits per heavy atom. The standard InChI is InChI=1S/C7H8N2O3.ClH/c1-12-7(11)4-2-3-5(10)6(8)9-4;/h2-3,10H,1H3,(H2,8,9);1H. The monoisotopic (exact) mass is 204 g/mol. The van der Waals surface area contributed by atoms with Crippen LogP contribution in [0.25, 0.3) is 0 Å². The summed E-state index contributed by atoms with van der Waals surface area (Å²) in [6.07, 6.45) is 0. The molecule has 0 fully saturated rings. The first-order valence-electron chi connectivity index (χ1n) is 3.19. The van der Waals surface area contributed by atoms with Crippen molar-refractivity contribution < 1.29 is 14.6 Å². The smallest absolute Gasteiger partial charge is 0.356 e. The van der Waals surface area contributed by atoms with E-state index in [0.717, 1.165) is 0 Å². The van der Waals surface area contributed by atoms with Gasteiger partial charge in [-0.05, 0) is 12.1 Å². The van der Waals surface area contributed by atoms with Gasteiger partial charge in [0.15, 0.2) is 17.3 Å². The van der Waals surface area contributed by atoms with Gasteiger partial charge < -0.3 is 15.6 Å². The molecule has 3 N–H and O–H groups in total. The minimum atomic E-state index is -0.582. The number of halogens is 1. The summed E-state index contributed by atoms with van der Waals surface area (Å²) in [4.78, 5) is 14.5. The minimum Gasteiger partial charge on any atom is -0.504 e. The highest BCUT2D eigenvalue weighted by Gasteiger charge is 2.08. The molecule has 0 amide bonds. The van der Waals surface area contributed by atoms with E-state index in [4.69, 9.17) is 10.8 Å². The number of aromatic hydroxyl groups is 1. The highest BCUT2D eigenvalue weighted by Crippen LogP contribution is 2.16. The molecular formula is C7H9ClN2O3. The van der Waals surface area contributed by atoms with Crippen molar-refractivity contribution in [3.05, 3.63) is 17.8 Å². The van der Waals surface area contributed by atoms with Gasteiger partial charge in [-0.15, -0.1) is 12.4 Å². The first-order chi connectivity index (χ1) is 5.65. The maximum Gasteiger partial charge on any atom is 0.356 e. The molecule has 0 aliphatic rings. The molecule has 0 aliphatic carbocycles. The summed E-state index contributed by atoms with van der Waals surface area (Å²) in [7, 11) is 1.24. The van der Waals surface area contributed by atoms with E-state index >= 15 is 0 Å². The van der Waals surface area contributed by atoms with Gasteiger partial charge in [-0.2, -0.15) is 0 Å². The van der Waals surface area contributed by atoms with Crippen molar-refractivity contribution in [2.24, 2.45) is 0 Å². The molecule has 5 nitrogen and oxygen atoms in total. The van der Waals surface area contributed by atoms with Crippen LogP contribution in [0.2, 0.25) is 0 Å². The second-order valence-corrected chi connectivity index (χ2v) is 2.09. The minimum absolute atomic E-state index is 0. The van der Waals surface area contributed by atoms with Crippen LogP contribution >= 0.6 is 12.4 Å². The number of nitrogens with zero attached hydrogens (tertiary/aromatic N) is 1. The van der Waals surface area contributed by atoms with Gasteiger partial charge >= 0.3 is 5.97 Å². The number of rotatable bonds is 1. The number of nitrogens with two attached hydrogens (primary N) is 1. The number of hydrogen-bond donors (Lipinski definition) is 2. The fourth-order valence-corrected chi connectivity index (χ4v) is 0.686. The van der Waals surface area contributed by atoms with Crippen LogP contribution in [-0.2, 0) is 4.74 Å². The summed E-state index contributed by atoms with van der Waals surface area (Å²) in [5, 5.41) is 8.96. The van der Waals surface area contributed by atoms with Crippen LogP contribution in [-0.4, -0.2) is 23.2 Å². The molecule has 0 atom stereocenters. The summed E-state index contributed by atoms with van der Waals surface area (Å²) in [6.45, 7) is 0. The molecule has 6 heteroatoms. The van der Waals surface area contributed by atoms with Crippen molar-refractivity contribution in [1.29, 1.82) is 0 Å². The maximum atomic E-state index is 10.9. The molecule has 0 aromatic carbocycles. The van der Waals surface area contributed by atoms with E-state index in [-0.39, 0.29) is 29.7 Å². The molecule has 0 spiro atoms. The average molecular weight is 205 g/mol. The lowest BCUT2D eigenvalue weighted by Crippen LogP contribution is -2.05. The van der Waals surface area contributed by atoms with Crippen LogP contribution in [0, 0.1) is 0 Å². The van der Waals surface area contributed by atoms with Gasteiger partial charge in [-0.3, -0.25) is 0 Å². The zero-order valence-electron chi connectivity index (χ0n) is 6.85. The lowest BCUT2D eigenvalue weighted by molar-refractivity contribution is 0.0594. The van der Waals surface area contributed by atoms with Gasteiger partial charge in [0.1, 0.15) is 0 Å². The Hall–Kier alpha value is -1.49. The van der Waals surface area contributed by atoms with E-state index in [1.54, 1.807) is 0 Å². The van der Waals surface area contributed by atoms with E-state index in [1.807, 2.05) is 0 Å². The molecule has 0 saturated carbocycles. The van der Waals surface area contributed by atoms with Crippen molar-refractivity contribution in [3.8, 4) is 5.75 Å². The van der Waals surface area contributed by atoms with E-state index in [2.05, 4.69) is 9.72 Å². The molecule has 0 aliphatic heterocycles. The Kier molecular flexibility index (Phi) is 4.00. The molecule has 1 aromatic rings. The molecule has 0 radical (unpaired) electrons. The number of hydrogen-bond acceptors (Lipinski definition) is 5. The fraction of sp³-hybridized carbons (Fsp3) is 0.143. The van der Waals surface area contributed by atoms with Crippen LogP contribution in [0.3, 0.4) is 0 Å². The third-order valence-electron chi connectivity index (χ3n) is 1.30. The summed E-state index contributed by atoms with van der Waals surface area (Å²) < 4.78 is 4.39. The Balaban J connectivity index is 0.00000144. The number of ether oxygens (including phenoxy) is 1. The third-order valence-corrected chi connectivity index (χ3v) is 1.30. The van der Waals surface area contributed by atoms with Crippen LogP contribution in [0.5, 0.6) is 5.75 Å². The number of carbonyl (C=O) groups is 1. The summed E-state index contributed by atoms with van der Waals surface area (Å²) in [6, 6.07) is 2.62. The second-order valence-electron chi connectivity index (χ2n) is 2.09. The molecule has 1 heterocycles. The predicted molar refractivity (Wildman–Crippen MR) is 48.9 cm³/mol. The van der Waals surface area contributed by atoms with Crippen molar-refractivity contribution >= 4 is 24.2 Å². The number of anilines is 1. The van der Waals surface area contributed by atoms with Crippen molar-refractivity contribution in [3.63, 3.8) is 0 Å². The molecule has 0 unspecified atom stereocenters. The topological polar surface area (TPSA) is 85.4 Å². The molecule has 0 bridgehead atoms. The predicted octanol–water partition coefficient (Wildman–Crippen LogP) is 0.578. The van der Waals surface area contributed by atoms with Crippen molar-refractivity contribution in [2.45, 2.75) is 0 Å². The molecule has 1 rings (SSSR count). The van der Waals surface area contributed by atoms with Gasteiger partial charge in [0.2, 0.25) is 0 Å². The normalized spacial score (nSPS) is 8.69. The molecule has 72 valence electrons.